The van der Waals surface area contributed by atoms with E-state index in [1.165, 1.54) is 24.4 Å². The number of Topliss-reactive ketones (excluding diaryl/α,β-unsaturated/α-hetero) is 1. The first-order valence-corrected chi connectivity index (χ1v) is 8.83. The third-order valence-corrected chi connectivity index (χ3v) is 4.51. The van der Waals surface area contributed by atoms with Crippen molar-refractivity contribution in [1.29, 1.82) is 0 Å². The predicted octanol–water partition coefficient (Wildman–Crippen LogP) is 3.73. The van der Waals surface area contributed by atoms with Crippen molar-refractivity contribution in [1.82, 2.24) is 10.1 Å². The molecule has 0 bridgehead atoms. The van der Waals surface area contributed by atoms with E-state index in [1.807, 2.05) is 0 Å². The summed E-state index contributed by atoms with van der Waals surface area (Å²) in [5.41, 5.74) is -0.0780. The van der Waals surface area contributed by atoms with Crippen molar-refractivity contribution >= 4 is 28.5 Å². The number of benzene rings is 2. The first kappa shape index (κ1) is 20.1. The number of hydrogen-bond donors (Lipinski definition) is 2. The van der Waals surface area contributed by atoms with Gasteiger partial charge < -0.3 is 9.84 Å². The zero-order chi connectivity index (χ0) is 22.3. The fraction of sp³-hybridized carbons (Fsp3) is 0.0476. The normalized spacial score (nSPS) is 11.0. The molecule has 0 unspecified atom stereocenters. The highest BCUT2D eigenvalue weighted by Gasteiger charge is 2.23. The Hall–Kier alpha value is -4.21. The molecule has 2 aromatic carbocycles. The summed E-state index contributed by atoms with van der Waals surface area (Å²) in [5.74, 6) is -6.58. The highest BCUT2D eigenvalue weighted by atomic mass is 19.2. The monoisotopic (exact) mass is 427 g/mol. The van der Waals surface area contributed by atoms with Crippen LogP contribution < -0.4 is 10.9 Å². The van der Waals surface area contributed by atoms with E-state index in [1.54, 1.807) is 13.0 Å². The number of halogens is 3. The van der Waals surface area contributed by atoms with Crippen molar-refractivity contribution < 1.29 is 27.3 Å². The number of pyridine rings is 1. The van der Waals surface area contributed by atoms with Crippen LogP contribution in [0.3, 0.4) is 0 Å². The number of H-pyrrole nitrogens is 1. The number of carbonyl (C=O) groups excluding carboxylic acids is 2. The van der Waals surface area contributed by atoms with Gasteiger partial charge in [0.05, 0.1) is 11.9 Å². The molecule has 31 heavy (non-hydrogen) atoms. The lowest BCUT2D eigenvalue weighted by atomic mass is 9.94. The van der Waals surface area contributed by atoms with Crippen LogP contribution in [0.2, 0.25) is 0 Å². The molecule has 2 heterocycles. The Morgan fingerprint density at radius 3 is 2.48 bits per heavy atom. The van der Waals surface area contributed by atoms with Crippen LogP contribution in [0.5, 0.6) is 0 Å². The molecule has 0 aliphatic heterocycles. The van der Waals surface area contributed by atoms with Crippen molar-refractivity contribution in [2.24, 2.45) is 0 Å². The van der Waals surface area contributed by atoms with E-state index >= 15 is 0 Å². The maximum Gasteiger partial charge on any atom is 0.296 e. The Bertz CT molecular complexity index is 1400. The van der Waals surface area contributed by atoms with Gasteiger partial charge >= 0.3 is 0 Å². The molecule has 0 saturated heterocycles. The summed E-state index contributed by atoms with van der Waals surface area (Å²) >= 11 is 0. The molecule has 0 aliphatic rings. The standard InChI is InChI=1S/C21H12F3N3O4/c1-9-2-3-12(10-5-15(22)17(24)16(23)6-10)13(4-9)18(28)20(30)26-11-7-14-19(29)27-31-21(14)25-8-11/h2-8H,1H3,(H,26,30)(H,27,29). The van der Waals surface area contributed by atoms with Crippen molar-refractivity contribution in [3.8, 4) is 11.1 Å². The number of ketones is 1. The Kier molecular flexibility index (Phi) is 4.90. The van der Waals surface area contributed by atoms with Crippen molar-refractivity contribution in [2.45, 2.75) is 6.92 Å². The lowest BCUT2D eigenvalue weighted by Crippen LogP contribution is -2.23. The molecule has 2 N–H and O–H groups in total. The van der Waals surface area contributed by atoms with Gasteiger partial charge in [0.2, 0.25) is 0 Å². The van der Waals surface area contributed by atoms with Gasteiger partial charge in [-0.15, -0.1) is 0 Å². The number of anilines is 1. The Morgan fingerprint density at radius 1 is 1.06 bits per heavy atom. The number of hydrogen-bond acceptors (Lipinski definition) is 5. The van der Waals surface area contributed by atoms with Gasteiger partial charge in [-0.2, -0.15) is 5.16 Å². The predicted molar refractivity (Wildman–Crippen MR) is 104 cm³/mol. The van der Waals surface area contributed by atoms with Crippen LogP contribution in [0.15, 0.2) is 51.9 Å². The fourth-order valence-corrected chi connectivity index (χ4v) is 3.03. The van der Waals surface area contributed by atoms with E-state index in [-0.39, 0.29) is 33.5 Å². The number of carbonyl (C=O) groups is 2. The molecule has 0 fully saturated rings. The number of aromatic amines is 1. The topological polar surface area (TPSA) is 105 Å². The van der Waals surface area contributed by atoms with E-state index in [2.05, 4.69) is 15.5 Å². The molecular formula is C21H12F3N3O4. The quantitative estimate of drug-likeness (QED) is 0.293. The van der Waals surface area contributed by atoms with Crippen LogP contribution in [-0.2, 0) is 4.79 Å². The smallest absolute Gasteiger partial charge is 0.296 e. The molecule has 0 aliphatic carbocycles. The first-order valence-electron chi connectivity index (χ1n) is 8.83. The van der Waals surface area contributed by atoms with E-state index in [0.717, 1.165) is 12.1 Å². The minimum Gasteiger partial charge on any atom is -0.358 e. The molecule has 156 valence electrons. The van der Waals surface area contributed by atoms with Crippen molar-refractivity contribution in [2.75, 3.05) is 5.32 Å². The number of fused-ring (bicyclic) bond motifs is 1. The van der Waals surface area contributed by atoms with E-state index in [0.29, 0.717) is 5.56 Å². The van der Waals surface area contributed by atoms with Crippen LogP contribution in [0, 0.1) is 24.4 Å². The number of nitrogens with zero attached hydrogens (tertiary/aromatic N) is 1. The molecule has 0 atom stereocenters. The van der Waals surface area contributed by atoms with E-state index in [4.69, 9.17) is 4.52 Å². The van der Waals surface area contributed by atoms with Gasteiger partial charge in [-0.05, 0) is 42.3 Å². The number of aryl methyl sites for hydroxylation is 1. The summed E-state index contributed by atoms with van der Waals surface area (Å²) in [4.78, 5) is 40.9. The van der Waals surface area contributed by atoms with Crippen LogP contribution in [-0.4, -0.2) is 21.8 Å². The zero-order valence-electron chi connectivity index (χ0n) is 15.8. The van der Waals surface area contributed by atoms with Gasteiger partial charge in [-0.3, -0.25) is 14.4 Å². The number of rotatable bonds is 4. The van der Waals surface area contributed by atoms with Gasteiger partial charge in [0.15, 0.2) is 17.5 Å². The molecule has 7 nitrogen and oxygen atoms in total. The third kappa shape index (κ3) is 3.70. The molecule has 1 amide bonds. The summed E-state index contributed by atoms with van der Waals surface area (Å²) in [6, 6.07) is 7.10. The van der Waals surface area contributed by atoms with Gasteiger partial charge in [0.25, 0.3) is 23.0 Å². The first-order chi connectivity index (χ1) is 14.7. The van der Waals surface area contributed by atoms with Crippen LogP contribution in [0.1, 0.15) is 15.9 Å². The molecule has 0 radical (unpaired) electrons. The van der Waals surface area contributed by atoms with Crippen molar-refractivity contribution in [3.63, 3.8) is 0 Å². The molecule has 4 rings (SSSR count). The average molecular weight is 427 g/mol. The Labute approximate surface area is 171 Å². The molecule has 4 aromatic rings. The average Bonchev–Trinajstić information content (AvgIpc) is 3.11. The Morgan fingerprint density at radius 2 is 1.77 bits per heavy atom. The van der Waals surface area contributed by atoms with E-state index < -0.39 is 34.7 Å². The second-order valence-electron chi connectivity index (χ2n) is 6.70. The summed E-state index contributed by atoms with van der Waals surface area (Å²) in [6.45, 7) is 1.66. The minimum absolute atomic E-state index is 0.0238. The fourth-order valence-electron chi connectivity index (χ4n) is 3.03. The number of aromatic nitrogens is 2. The van der Waals surface area contributed by atoms with Gasteiger partial charge in [0.1, 0.15) is 5.39 Å². The highest BCUT2D eigenvalue weighted by Crippen LogP contribution is 2.28. The lowest BCUT2D eigenvalue weighted by Gasteiger charge is -2.11. The van der Waals surface area contributed by atoms with Gasteiger partial charge in [-0.1, -0.05) is 17.7 Å². The number of amides is 1. The highest BCUT2D eigenvalue weighted by molar-refractivity contribution is 6.47. The largest absolute Gasteiger partial charge is 0.358 e. The molecule has 10 heteroatoms. The van der Waals surface area contributed by atoms with Gasteiger partial charge in [0, 0.05) is 5.56 Å². The summed E-state index contributed by atoms with van der Waals surface area (Å²) in [7, 11) is 0. The summed E-state index contributed by atoms with van der Waals surface area (Å²) in [6.07, 6.45) is 1.19. The molecule has 2 aromatic heterocycles. The third-order valence-electron chi connectivity index (χ3n) is 4.51. The number of nitrogens with one attached hydrogen (secondary N) is 2. The Balaban J connectivity index is 1.70. The van der Waals surface area contributed by atoms with Gasteiger partial charge in [-0.25, -0.2) is 18.2 Å². The van der Waals surface area contributed by atoms with Crippen LogP contribution in [0.25, 0.3) is 22.2 Å². The zero-order valence-corrected chi connectivity index (χ0v) is 15.8. The maximum atomic E-state index is 13.7. The van der Waals surface area contributed by atoms with Crippen molar-refractivity contribution in [3.05, 3.63) is 81.5 Å². The SMILES string of the molecule is Cc1ccc(-c2cc(F)c(F)c(F)c2)c(C(=O)C(=O)Nc2cnc3o[nH]c(=O)c3c2)c1. The minimum atomic E-state index is -1.64. The molecular weight excluding hydrogens is 415 g/mol. The van der Waals surface area contributed by atoms with E-state index in [9.17, 15) is 27.6 Å². The van der Waals surface area contributed by atoms with Crippen LogP contribution >= 0.6 is 0 Å². The second kappa shape index (κ2) is 7.56. The summed E-state index contributed by atoms with van der Waals surface area (Å²) < 4.78 is 45.5. The maximum absolute atomic E-state index is 13.7. The summed E-state index contributed by atoms with van der Waals surface area (Å²) in [5, 5.41) is 4.48. The molecule has 0 saturated carbocycles. The molecule has 0 spiro atoms. The van der Waals surface area contributed by atoms with Crippen LogP contribution in [0.4, 0.5) is 18.9 Å². The lowest BCUT2D eigenvalue weighted by molar-refractivity contribution is -0.112. The second-order valence-corrected chi connectivity index (χ2v) is 6.70.